The van der Waals surface area contributed by atoms with Crippen molar-refractivity contribution in [3.05, 3.63) is 89.4 Å². The van der Waals surface area contributed by atoms with Gasteiger partial charge in [0, 0.05) is 10.7 Å². The van der Waals surface area contributed by atoms with Gasteiger partial charge >= 0.3 is 0 Å². The fraction of sp³-hybridized carbons (Fsp3) is 0.174. The SMILES string of the molecule is CC[C@@H](Oc1ccc(Cl)cc1)C(=O)Nc1ccc(OCc2ccccc2)cc1. The highest BCUT2D eigenvalue weighted by Gasteiger charge is 2.18. The van der Waals surface area contributed by atoms with Crippen molar-refractivity contribution < 1.29 is 14.3 Å². The van der Waals surface area contributed by atoms with Gasteiger partial charge in [0.2, 0.25) is 0 Å². The third-order valence-electron chi connectivity index (χ3n) is 4.13. The van der Waals surface area contributed by atoms with E-state index in [-0.39, 0.29) is 5.91 Å². The Morgan fingerprint density at radius 1 is 0.929 bits per heavy atom. The van der Waals surface area contributed by atoms with Gasteiger partial charge in [-0.05, 0) is 60.5 Å². The summed E-state index contributed by atoms with van der Waals surface area (Å²) in [5, 5.41) is 3.50. The molecule has 0 spiro atoms. The molecule has 0 aromatic heterocycles. The predicted octanol–water partition coefficient (Wildman–Crippen LogP) is 5.72. The Bertz CT molecular complexity index is 880. The summed E-state index contributed by atoms with van der Waals surface area (Å²) < 4.78 is 11.5. The van der Waals surface area contributed by atoms with Gasteiger partial charge in [-0.15, -0.1) is 0 Å². The number of halogens is 1. The van der Waals surface area contributed by atoms with E-state index in [4.69, 9.17) is 21.1 Å². The van der Waals surface area contributed by atoms with Crippen molar-refractivity contribution in [1.82, 2.24) is 0 Å². The van der Waals surface area contributed by atoms with E-state index >= 15 is 0 Å². The molecule has 5 heteroatoms. The molecule has 0 aliphatic heterocycles. The summed E-state index contributed by atoms with van der Waals surface area (Å²) in [5.41, 5.74) is 1.79. The van der Waals surface area contributed by atoms with Crippen LogP contribution in [-0.4, -0.2) is 12.0 Å². The van der Waals surface area contributed by atoms with Crippen LogP contribution >= 0.6 is 11.6 Å². The van der Waals surface area contributed by atoms with Gasteiger partial charge < -0.3 is 14.8 Å². The minimum Gasteiger partial charge on any atom is -0.489 e. The minimum atomic E-state index is -0.588. The zero-order valence-corrected chi connectivity index (χ0v) is 16.4. The lowest BCUT2D eigenvalue weighted by Gasteiger charge is -2.17. The van der Waals surface area contributed by atoms with Crippen LogP contribution in [0.1, 0.15) is 18.9 Å². The number of hydrogen-bond donors (Lipinski definition) is 1. The van der Waals surface area contributed by atoms with Gasteiger partial charge in [0.05, 0.1) is 0 Å². The van der Waals surface area contributed by atoms with Gasteiger partial charge in [-0.2, -0.15) is 0 Å². The number of carbonyl (C=O) groups is 1. The Hall–Kier alpha value is -2.98. The zero-order valence-electron chi connectivity index (χ0n) is 15.6. The highest BCUT2D eigenvalue weighted by Crippen LogP contribution is 2.20. The number of anilines is 1. The second kappa shape index (κ2) is 9.81. The molecular weight excluding hydrogens is 374 g/mol. The van der Waals surface area contributed by atoms with E-state index in [1.807, 2.05) is 61.5 Å². The molecule has 1 amide bonds. The summed E-state index contributed by atoms with van der Waals surface area (Å²) in [6, 6.07) is 24.2. The number of hydrogen-bond acceptors (Lipinski definition) is 3. The van der Waals surface area contributed by atoms with Crippen molar-refractivity contribution in [3.63, 3.8) is 0 Å². The summed E-state index contributed by atoms with van der Waals surface area (Å²) in [6.07, 6.45) is -0.0395. The topological polar surface area (TPSA) is 47.6 Å². The van der Waals surface area contributed by atoms with Crippen molar-refractivity contribution in [2.45, 2.75) is 26.1 Å². The summed E-state index contributed by atoms with van der Waals surface area (Å²) >= 11 is 5.88. The first kappa shape index (κ1) is 19.8. The molecule has 0 radical (unpaired) electrons. The van der Waals surface area contributed by atoms with E-state index < -0.39 is 6.10 Å². The second-order valence-corrected chi connectivity index (χ2v) is 6.69. The predicted molar refractivity (Wildman–Crippen MR) is 112 cm³/mol. The van der Waals surface area contributed by atoms with Crippen molar-refractivity contribution in [2.24, 2.45) is 0 Å². The van der Waals surface area contributed by atoms with E-state index in [0.29, 0.717) is 29.5 Å². The van der Waals surface area contributed by atoms with E-state index in [1.54, 1.807) is 24.3 Å². The molecule has 28 heavy (non-hydrogen) atoms. The Morgan fingerprint density at radius 2 is 1.57 bits per heavy atom. The highest BCUT2D eigenvalue weighted by atomic mass is 35.5. The summed E-state index contributed by atoms with van der Waals surface area (Å²) in [7, 11) is 0. The maximum Gasteiger partial charge on any atom is 0.265 e. The molecule has 0 bridgehead atoms. The van der Waals surface area contributed by atoms with E-state index in [1.165, 1.54) is 0 Å². The molecule has 0 fully saturated rings. The monoisotopic (exact) mass is 395 g/mol. The van der Waals surface area contributed by atoms with Crippen LogP contribution in [0.25, 0.3) is 0 Å². The fourth-order valence-electron chi connectivity index (χ4n) is 2.60. The Labute approximate surface area is 170 Å². The number of ether oxygens (including phenoxy) is 2. The molecule has 0 aliphatic carbocycles. The number of carbonyl (C=O) groups excluding carboxylic acids is 1. The molecule has 0 saturated carbocycles. The third kappa shape index (κ3) is 5.76. The fourth-order valence-corrected chi connectivity index (χ4v) is 2.72. The lowest BCUT2D eigenvalue weighted by Crippen LogP contribution is -2.32. The smallest absolute Gasteiger partial charge is 0.265 e. The molecule has 0 saturated heterocycles. The Balaban J connectivity index is 1.54. The third-order valence-corrected chi connectivity index (χ3v) is 4.38. The van der Waals surface area contributed by atoms with E-state index in [2.05, 4.69) is 5.32 Å². The van der Waals surface area contributed by atoms with Crippen LogP contribution in [-0.2, 0) is 11.4 Å². The van der Waals surface area contributed by atoms with Crippen LogP contribution in [0, 0.1) is 0 Å². The lowest BCUT2D eigenvalue weighted by molar-refractivity contribution is -0.122. The molecule has 3 aromatic rings. The molecule has 0 unspecified atom stereocenters. The largest absolute Gasteiger partial charge is 0.489 e. The van der Waals surface area contributed by atoms with Crippen LogP contribution in [0.2, 0.25) is 5.02 Å². The Morgan fingerprint density at radius 3 is 2.21 bits per heavy atom. The molecule has 1 atom stereocenters. The number of rotatable bonds is 8. The first-order valence-electron chi connectivity index (χ1n) is 9.14. The quantitative estimate of drug-likeness (QED) is 0.531. The summed E-state index contributed by atoms with van der Waals surface area (Å²) in [6.45, 7) is 2.40. The summed E-state index contributed by atoms with van der Waals surface area (Å²) in [4.78, 5) is 12.5. The molecule has 0 aliphatic rings. The number of amides is 1. The standard InChI is InChI=1S/C23H22ClNO3/c1-2-22(28-21-12-8-18(24)9-13-21)23(26)25-19-10-14-20(15-11-19)27-16-17-6-4-3-5-7-17/h3-15,22H,2,16H2,1H3,(H,25,26)/t22-/m1/s1. The van der Waals surface area contributed by atoms with Crippen molar-refractivity contribution in [2.75, 3.05) is 5.32 Å². The molecule has 1 N–H and O–H groups in total. The highest BCUT2D eigenvalue weighted by molar-refractivity contribution is 6.30. The first-order chi connectivity index (χ1) is 13.6. The Kier molecular flexibility index (Phi) is 6.93. The van der Waals surface area contributed by atoms with Gasteiger partial charge in [0.25, 0.3) is 5.91 Å². The van der Waals surface area contributed by atoms with Crippen molar-refractivity contribution in [3.8, 4) is 11.5 Å². The minimum absolute atomic E-state index is 0.199. The molecule has 144 valence electrons. The average Bonchev–Trinajstić information content (AvgIpc) is 2.73. The first-order valence-corrected chi connectivity index (χ1v) is 9.51. The van der Waals surface area contributed by atoms with Crippen LogP contribution in [0.3, 0.4) is 0 Å². The maximum absolute atomic E-state index is 12.5. The van der Waals surface area contributed by atoms with Gasteiger partial charge in [-0.3, -0.25) is 4.79 Å². The molecule has 0 heterocycles. The van der Waals surface area contributed by atoms with E-state index in [0.717, 1.165) is 11.3 Å². The number of benzene rings is 3. The van der Waals surface area contributed by atoms with Crippen molar-refractivity contribution in [1.29, 1.82) is 0 Å². The van der Waals surface area contributed by atoms with Gasteiger partial charge in [-0.25, -0.2) is 0 Å². The molecular formula is C23H22ClNO3. The maximum atomic E-state index is 12.5. The molecule has 4 nitrogen and oxygen atoms in total. The lowest BCUT2D eigenvalue weighted by atomic mass is 10.2. The average molecular weight is 396 g/mol. The van der Waals surface area contributed by atoms with Gasteiger partial charge in [0.15, 0.2) is 6.10 Å². The van der Waals surface area contributed by atoms with Crippen LogP contribution in [0.5, 0.6) is 11.5 Å². The van der Waals surface area contributed by atoms with E-state index in [9.17, 15) is 4.79 Å². The van der Waals surface area contributed by atoms with Crippen LogP contribution in [0.4, 0.5) is 5.69 Å². The molecule has 3 rings (SSSR count). The van der Waals surface area contributed by atoms with Gasteiger partial charge in [-0.1, -0.05) is 48.9 Å². The molecule has 3 aromatic carbocycles. The van der Waals surface area contributed by atoms with Crippen LogP contribution < -0.4 is 14.8 Å². The zero-order chi connectivity index (χ0) is 19.8. The van der Waals surface area contributed by atoms with Crippen LogP contribution in [0.15, 0.2) is 78.9 Å². The second-order valence-electron chi connectivity index (χ2n) is 6.26. The number of nitrogens with one attached hydrogen (secondary N) is 1. The summed E-state index contributed by atoms with van der Waals surface area (Å²) in [5.74, 6) is 1.15. The van der Waals surface area contributed by atoms with Crippen molar-refractivity contribution >= 4 is 23.2 Å². The van der Waals surface area contributed by atoms with Gasteiger partial charge in [0.1, 0.15) is 18.1 Å². The normalized spacial score (nSPS) is 11.5.